The van der Waals surface area contributed by atoms with Crippen molar-refractivity contribution in [3.8, 4) is 0 Å². The van der Waals surface area contributed by atoms with E-state index in [-0.39, 0.29) is 22.6 Å². The van der Waals surface area contributed by atoms with Crippen LogP contribution in [0.3, 0.4) is 0 Å². The maximum Gasteiger partial charge on any atom is 0.212 e. The third-order valence-electron chi connectivity index (χ3n) is 3.75. The third kappa shape index (κ3) is 4.65. The zero-order valence-corrected chi connectivity index (χ0v) is 14.3. The van der Waals surface area contributed by atoms with Gasteiger partial charge in [0.25, 0.3) is 0 Å². The summed E-state index contributed by atoms with van der Waals surface area (Å²) in [7, 11) is -3.51. The van der Waals surface area contributed by atoms with E-state index >= 15 is 0 Å². The quantitative estimate of drug-likeness (QED) is 0.858. The Bertz CT molecular complexity index is 615. The largest absolute Gasteiger partial charge is 0.381 e. The molecule has 1 heterocycles. The van der Waals surface area contributed by atoms with E-state index in [0.29, 0.717) is 18.8 Å². The molecular weight excluding hydrogens is 329 g/mol. The molecule has 1 aliphatic heterocycles. The van der Waals surface area contributed by atoms with Crippen molar-refractivity contribution in [3.63, 3.8) is 0 Å². The molecule has 0 bridgehead atoms. The van der Waals surface area contributed by atoms with E-state index in [1.807, 2.05) is 13.8 Å². The van der Waals surface area contributed by atoms with Crippen LogP contribution in [0.25, 0.3) is 0 Å². The first-order chi connectivity index (χ1) is 10.3. The van der Waals surface area contributed by atoms with E-state index in [0.717, 1.165) is 6.42 Å². The fourth-order valence-electron chi connectivity index (χ4n) is 2.58. The molecule has 0 aromatic heterocycles. The second-order valence-corrected chi connectivity index (χ2v) is 8.25. The van der Waals surface area contributed by atoms with Crippen molar-refractivity contribution < 1.29 is 17.5 Å². The van der Waals surface area contributed by atoms with Gasteiger partial charge in [0.15, 0.2) is 0 Å². The van der Waals surface area contributed by atoms with Crippen LogP contribution in [0.5, 0.6) is 0 Å². The molecule has 2 rings (SSSR count). The van der Waals surface area contributed by atoms with Gasteiger partial charge in [-0.2, -0.15) is 0 Å². The fourth-order valence-corrected chi connectivity index (χ4v) is 4.50. The molecule has 1 aromatic rings. The Morgan fingerprint density at radius 1 is 1.45 bits per heavy atom. The highest BCUT2D eigenvalue weighted by Gasteiger charge is 2.28. The monoisotopic (exact) mass is 349 g/mol. The summed E-state index contributed by atoms with van der Waals surface area (Å²) in [5.74, 6) is -0.588. The zero-order valence-electron chi connectivity index (χ0n) is 12.7. The van der Waals surface area contributed by atoms with E-state index < -0.39 is 21.9 Å². The smallest absolute Gasteiger partial charge is 0.212 e. The predicted octanol–water partition coefficient (Wildman–Crippen LogP) is 3.13. The van der Waals surface area contributed by atoms with Crippen molar-refractivity contribution >= 4 is 21.6 Å². The summed E-state index contributed by atoms with van der Waals surface area (Å²) in [5, 5.41) is 0.287. The molecule has 1 N–H and O–H groups in total. The van der Waals surface area contributed by atoms with Crippen LogP contribution in [0.15, 0.2) is 18.2 Å². The highest BCUT2D eigenvalue weighted by molar-refractivity contribution is 7.89. The summed E-state index contributed by atoms with van der Waals surface area (Å²) in [6.07, 6.45) is 0.739. The van der Waals surface area contributed by atoms with Gasteiger partial charge < -0.3 is 4.74 Å². The molecule has 124 valence electrons. The molecule has 0 unspecified atom stereocenters. The molecule has 2 atom stereocenters. The highest BCUT2D eigenvalue weighted by Crippen LogP contribution is 2.27. The van der Waals surface area contributed by atoms with Gasteiger partial charge in [0.05, 0.1) is 18.4 Å². The summed E-state index contributed by atoms with van der Waals surface area (Å²) in [5.41, 5.74) is 0.311. The lowest BCUT2D eigenvalue weighted by Crippen LogP contribution is -2.36. The molecule has 0 aliphatic carbocycles. The van der Waals surface area contributed by atoms with Crippen molar-refractivity contribution in [2.75, 3.05) is 19.0 Å². The summed E-state index contributed by atoms with van der Waals surface area (Å²) >= 11 is 5.76. The molecule has 1 aliphatic rings. The minimum atomic E-state index is -3.51. The first-order valence-electron chi connectivity index (χ1n) is 7.31. The zero-order chi connectivity index (χ0) is 16.3. The van der Waals surface area contributed by atoms with Gasteiger partial charge in [-0.1, -0.05) is 31.5 Å². The first-order valence-corrected chi connectivity index (χ1v) is 9.34. The lowest BCUT2D eigenvalue weighted by Gasteiger charge is -2.24. The van der Waals surface area contributed by atoms with Crippen LogP contribution in [0.2, 0.25) is 5.02 Å². The average molecular weight is 350 g/mol. The Hall–Kier alpha value is -0.690. The Labute approximate surface area is 136 Å². The van der Waals surface area contributed by atoms with Crippen molar-refractivity contribution in [3.05, 3.63) is 34.6 Å². The molecule has 1 saturated heterocycles. The molecule has 4 nitrogen and oxygen atoms in total. The Morgan fingerprint density at radius 2 is 2.18 bits per heavy atom. The standard InChI is InChI=1S/C15H21ClFNO3S/c1-10(2)15(13-4-3-12(16)7-14(13)17)18-22(19,20)9-11-5-6-21-8-11/h3-4,7,10-11,15,18H,5-6,8-9H2,1-2H3/t11-,15-/m1/s1. The number of ether oxygens (including phenoxy) is 1. The predicted molar refractivity (Wildman–Crippen MR) is 84.8 cm³/mol. The molecule has 0 amide bonds. The van der Waals surface area contributed by atoms with E-state index in [1.165, 1.54) is 12.1 Å². The minimum Gasteiger partial charge on any atom is -0.381 e. The Morgan fingerprint density at radius 3 is 2.73 bits per heavy atom. The van der Waals surface area contributed by atoms with E-state index in [1.54, 1.807) is 6.07 Å². The molecule has 0 spiro atoms. The van der Waals surface area contributed by atoms with Gasteiger partial charge in [-0.3, -0.25) is 0 Å². The highest BCUT2D eigenvalue weighted by atomic mass is 35.5. The molecule has 1 aromatic carbocycles. The minimum absolute atomic E-state index is 0.000349. The number of benzene rings is 1. The van der Waals surface area contributed by atoms with Crippen LogP contribution in [0.1, 0.15) is 31.9 Å². The van der Waals surface area contributed by atoms with Gasteiger partial charge in [-0.25, -0.2) is 17.5 Å². The van der Waals surface area contributed by atoms with Gasteiger partial charge in [-0.15, -0.1) is 0 Å². The lowest BCUT2D eigenvalue weighted by atomic mass is 9.97. The summed E-state index contributed by atoms with van der Waals surface area (Å²) in [4.78, 5) is 0. The number of sulfonamides is 1. The van der Waals surface area contributed by atoms with Crippen LogP contribution in [-0.4, -0.2) is 27.4 Å². The topological polar surface area (TPSA) is 55.4 Å². The average Bonchev–Trinajstić information content (AvgIpc) is 2.88. The Balaban J connectivity index is 2.17. The maximum atomic E-state index is 14.1. The molecule has 0 radical (unpaired) electrons. The number of halogens is 2. The number of hydrogen-bond acceptors (Lipinski definition) is 3. The molecule has 1 fully saturated rings. The molecule has 7 heteroatoms. The van der Waals surface area contributed by atoms with Crippen molar-refractivity contribution in [2.24, 2.45) is 11.8 Å². The summed E-state index contributed by atoms with van der Waals surface area (Å²) in [6.45, 7) is 4.75. The van der Waals surface area contributed by atoms with Crippen LogP contribution < -0.4 is 4.72 Å². The summed E-state index contributed by atoms with van der Waals surface area (Å²) in [6, 6.07) is 3.67. The van der Waals surface area contributed by atoms with E-state index in [4.69, 9.17) is 16.3 Å². The number of rotatable bonds is 6. The van der Waals surface area contributed by atoms with E-state index in [9.17, 15) is 12.8 Å². The van der Waals surface area contributed by atoms with Gasteiger partial charge in [0, 0.05) is 17.2 Å². The van der Waals surface area contributed by atoms with Crippen molar-refractivity contribution in [1.29, 1.82) is 0 Å². The fraction of sp³-hybridized carbons (Fsp3) is 0.600. The second kappa shape index (κ2) is 7.25. The van der Waals surface area contributed by atoms with Gasteiger partial charge in [-0.05, 0) is 30.4 Å². The Kier molecular flexibility index (Phi) is 5.82. The van der Waals surface area contributed by atoms with Gasteiger partial charge >= 0.3 is 0 Å². The molecule has 0 saturated carbocycles. The lowest BCUT2D eigenvalue weighted by molar-refractivity contribution is 0.188. The molecule has 22 heavy (non-hydrogen) atoms. The maximum absolute atomic E-state index is 14.1. The van der Waals surface area contributed by atoms with Crippen molar-refractivity contribution in [2.45, 2.75) is 26.3 Å². The van der Waals surface area contributed by atoms with E-state index in [2.05, 4.69) is 4.72 Å². The van der Waals surface area contributed by atoms with Gasteiger partial charge in [0.1, 0.15) is 5.82 Å². The number of hydrogen-bond donors (Lipinski definition) is 1. The SMILES string of the molecule is CC(C)[C@@H](NS(=O)(=O)C[C@@H]1CCOC1)c1ccc(Cl)cc1F. The summed E-state index contributed by atoms with van der Waals surface area (Å²) < 4.78 is 46.6. The van der Waals surface area contributed by atoms with Crippen LogP contribution in [0, 0.1) is 17.7 Å². The second-order valence-electron chi connectivity index (χ2n) is 6.02. The van der Waals surface area contributed by atoms with Crippen LogP contribution >= 0.6 is 11.6 Å². The number of nitrogens with one attached hydrogen (secondary N) is 1. The van der Waals surface area contributed by atoms with Gasteiger partial charge in [0.2, 0.25) is 10.0 Å². The molecular formula is C15H21ClFNO3S. The third-order valence-corrected chi connectivity index (χ3v) is 5.51. The van der Waals surface area contributed by atoms with Crippen LogP contribution in [-0.2, 0) is 14.8 Å². The normalized spacial score (nSPS) is 20.5. The first kappa shape index (κ1) is 17.7. The van der Waals surface area contributed by atoms with Crippen LogP contribution in [0.4, 0.5) is 4.39 Å². The van der Waals surface area contributed by atoms with Crippen molar-refractivity contribution in [1.82, 2.24) is 4.72 Å².